The molecule has 0 aliphatic carbocycles. The summed E-state index contributed by atoms with van der Waals surface area (Å²) in [5.74, 6) is 0. The van der Waals surface area contributed by atoms with Crippen molar-refractivity contribution in [2.45, 2.75) is 58.5 Å². The Hall–Kier alpha value is -1.46. The van der Waals surface area contributed by atoms with Crippen LogP contribution in [0, 0.1) is 27.7 Å². The third-order valence-corrected chi connectivity index (χ3v) is 11.6. The molecule has 0 aromatic heterocycles. The summed E-state index contributed by atoms with van der Waals surface area (Å²) in [5, 5.41) is 3.74. The van der Waals surface area contributed by atoms with Gasteiger partial charge in [0.2, 0.25) is 0 Å². The summed E-state index contributed by atoms with van der Waals surface area (Å²) >= 11 is 14.1. The Bertz CT molecular complexity index is 1450. The lowest BCUT2D eigenvalue weighted by Gasteiger charge is -2.19. The zero-order chi connectivity index (χ0) is 23.7. The van der Waals surface area contributed by atoms with Gasteiger partial charge in [0.1, 0.15) is 0 Å². The highest BCUT2D eigenvalue weighted by atomic mass is 32.2. The average Bonchev–Trinajstić information content (AvgIpc) is 3.28. The van der Waals surface area contributed by atoms with Gasteiger partial charge in [0.25, 0.3) is 0 Å². The molecule has 0 nitrogen and oxygen atoms in total. The van der Waals surface area contributed by atoms with Gasteiger partial charge >= 0.3 is 0 Å². The third kappa shape index (κ3) is 3.73. The number of rotatable bonds is 2. The predicted octanol–water partition coefficient (Wildman–Crippen LogP) is 9.71. The minimum atomic E-state index is 0.204. The van der Waals surface area contributed by atoms with Gasteiger partial charge in [-0.25, -0.2) is 0 Å². The minimum absolute atomic E-state index is 0.204. The molecule has 4 aromatic rings. The third-order valence-electron chi connectivity index (χ3n) is 7.28. The van der Waals surface area contributed by atoms with Crippen LogP contribution in [-0.4, -0.2) is 0 Å². The average molecular weight is 517 g/mol. The summed E-state index contributed by atoms with van der Waals surface area (Å²) in [6.45, 7) is 8.81. The standard InChI is InChI=1S/C30H28S4/c1-15-5-7-21(17(3)9-15)29-28(32)24-13-19-11-18(4)23(12-20(19)14-26(24)34-29)30-27(31)22-8-6-16(2)10-25(22)33-30/h5-14,27-32H,1-4H3. The molecule has 0 bridgehead atoms. The molecular weight excluding hydrogens is 489 g/mol. The SMILES string of the molecule is Cc1ccc(C2Sc3cc4cc(C5Sc6cc(C)ccc6C5S)c(C)cc4cc3C2S)c(C)c1. The first-order chi connectivity index (χ1) is 16.3. The van der Waals surface area contributed by atoms with Crippen molar-refractivity contribution in [3.8, 4) is 0 Å². The lowest BCUT2D eigenvalue weighted by molar-refractivity contribution is 0.917. The number of hydrogen-bond acceptors (Lipinski definition) is 4. The second kappa shape index (κ2) is 8.58. The van der Waals surface area contributed by atoms with Crippen LogP contribution < -0.4 is 0 Å². The molecule has 0 fully saturated rings. The zero-order valence-corrected chi connectivity index (χ0v) is 23.2. The molecule has 0 N–H and O–H groups in total. The summed E-state index contributed by atoms with van der Waals surface area (Å²) in [5.41, 5.74) is 10.9. The number of thioether (sulfide) groups is 2. The molecule has 0 radical (unpaired) electrons. The first kappa shape index (κ1) is 23.0. The fourth-order valence-electron chi connectivity index (χ4n) is 5.45. The van der Waals surface area contributed by atoms with Gasteiger partial charge in [-0.15, -0.1) is 23.5 Å². The fourth-order valence-corrected chi connectivity index (χ4v) is 9.72. The van der Waals surface area contributed by atoms with Gasteiger partial charge in [-0.3, -0.25) is 0 Å². The van der Waals surface area contributed by atoms with Gasteiger partial charge in [-0.1, -0.05) is 42.0 Å². The van der Waals surface area contributed by atoms with Crippen LogP contribution in [0.2, 0.25) is 0 Å². The summed E-state index contributed by atoms with van der Waals surface area (Å²) in [6.07, 6.45) is 0. The van der Waals surface area contributed by atoms with E-state index < -0.39 is 0 Å². The summed E-state index contributed by atoms with van der Waals surface area (Å²) < 4.78 is 0. The van der Waals surface area contributed by atoms with E-state index in [4.69, 9.17) is 25.3 Å². The van der Waals surface area contributed by atoms with E-state index in [0.29, 0.717) is 10.5 Å². The minimum Gasteiger partial charge on any atom is -0.170 e. The summed E-state index contributed by atoms with van der Waals surface area (Å²) in [4.78, 5) is 2.75. The summed E-state index contributed by atoms with van der Waals surface area (Å²) in [6, 6.07) is 23.2. The molecule has 6 rings (SSSR count). The number of aryl methyl sites for hydroxylation is 4. The van der Waals surface area contributed by atoms with Crippen LogP contribution in [-0.2, 0) is 0 Å². The van der Waals surface area contributed by atoms with Gasteiger partial charge in [0.05, 0.1) is 10.5 Å². The normalized spacial score (nSPS) is 23.4. The molecule has 4 unspecified atom stereocenters. The lowest BCUT2D eigenvalue weighted by atomic mass is 9.93. The van der Waals surface area contributed by atoms with E-state index in [1.165, 1.54) is 65.1 Å². The fraction of sp³-hybridized carbons (Fsp3) is 0.267. The maximum Gasteiger partial charge on any atom is 0.0504 e. The van der Waals surface area contributed by atoms with Crippen molar-refractivity contribution in [3.63, 3.8) is 0 Å². The number of fused-ring (bicyclic) bond motifs is 3. The van der Waals surface area contributed by atoms with E-state index >= 15 is 0 Å². The molecule has 0 amide bonds. The number of hydrogen-bond donors (Lipinski definition) is 2. The van der Waals surface area contributed by atoms with Crippen molar-refractivity contribution >= 4 is 59.6 Å². The van der Waals surface area contributed by atoms with Gasteiger partial charge in [-0.05, 0) is 102 Å². The van der Waals surface area contributed by atoms with Crippen LogP contribution >= 0.6 is 48.8 Å². The zero-order valence-electron chi connectivity index (χ0n) is 19.8. The van der Waals surface area contributed by atoms with Crippen LogP contribution in [0.25, 0.3) is 10.8 Å². The topological polar surface area (TPSA) is 0 Å². The molecule has 2 aliphatic rings. The summed E-state index contributed by atoms with van der Waals surface area (Å²) in [7, 11) is 0. The van der Waals surface area contributed by atoms with E-state index in [1.54, 1.807) is 0 Å². The Kier molecular flexibility index (Phi) is 5.80. The molecule has 0 spiro atoms. The Balaban J connectivity index is 1.38. The molecule has 0 saturated carbocycles. The van der Waals surface area contributed by atoms with E-state index in [-0.39, 0.29) is 10.5 Å². The monoisotopic (exact) mass is 516 g/mol. The number of thiol groups is 2. The van der Waals surface area contributed by atoms with Crippen LogP contribution in [0.15, 0.2) is 70.5 Å². The maximum absolute atomic E-state index is 5.11. The van der Waals surface area contributed by atoms with Crippen molar-refractivity contribution in [2.24, 2.45) is 0 Å². The molecule has 34 heavy (non-hydrogen) atoms. The Morgan fingerprint density at radius 1 is 0.529 bits per heavy atom. The molecule has 2 aliphatic heterocycles. The van der Waals surface area contributed by atoms with Crippen LogP contribution in [0.1, 0.15) is 65.5 Å². The van der Waals surface area contributed by atoms with E-state index in [2.05, 4.69) is 88.4 Å². The first-order valence-electron chi connectivity index (χ1n) is 11.8. The van der Waals surface area contributed by atoms with Crippen molar-refractivity contribution < 1.29 is 0 Å². The molecular formula is C30H28S4. The molecule has 4 aromatic carbocycles. The quantitative estimate of drug-likeness (QED) is 0.254. The largest absolute Gasteiger partial charge is 0.170 e. The molecule has 4 atom stereocenters. The van der Waals surface area contributed by atoms with Gasteiger partial charge in [-0.2, -0.15) is 25.3 Å². The van der Waals surface area contributed by atoms with Gasteiger partial charge in [0, 0.05) is 20.3 Å². The van der Waals surface area contributed by atoms with Crippen LogP contribution in [0.4, 0.5) is 0 Å². The Labute approximate surface area is 222 Å². The highest BCUT2D eigenvalue weighted by molar-refractivity contribution is 8.01. The highest BCUT2D eigenvalue weighted by Gasteiger charge is 2.35. The molecule has 4 heteroatoms. The van der Waals surface area contributed by atoms with Gasteiger partial charge in [0.15, 0.2) is 0 Å². The van der Waals surface area contributed by atoms with Crippen LogP contribution in [0.5, 0.6) is 0 Å². The van der Waals surface area contributed by atoms with Crippen molar-refractivity contribution in [1.29, 1.82) is 0 Å². The van der Waals surface area contributed by atoms with Crippen molar-refractivity contribution in [2.75, 3.05) is 0 Å². The van der Waals surface area contributed by atoms with E-state index in [1.807, 2.05) is 23.5 Å². The Morgan fingerprint density at radius 2 is 1.06 bits per heavy atom. The second-order valence-electron chi connectivity index (χ2n) is 9.81. The number of benzene rings is 4. The molecule has 172 valence electrons. The Morgan fingerprint density at radius 3 is 1.79 bits per heavy atom. The van der Waals surface area contributed by atoms with E-state index in [0.717, 1.165) is 0 Å². The van der Waals surface area contributed by atoms with Crippen LogP contribution in [0.3, 0.4) is 0 Å². The smallest absolute Gasteiger partial charge is 0.0504 e. The van der Waals surface area contributed by atoms with Gasteiger partial charge < -0.3 is 0 Å². The molecule has 0 saturated heterocycles. The second-order valence-corrected chi connectivity index (χ2v) is 13.3. The predicted molar refractivity (Wildman–Crippen MR) is 156 cm³/mol. The lowest BCUT2D eigenvalue weighted by Crippen LogP contribution is -2.00. The first-order valence-corrected chi connectivity index (χ1v) is 14.5. The molecule has 2 heterocycles. The maximum atomic E-state index is 5.11. The van der Waals surface area contributed by atoms with Crippen molar-refractivity contribution in [3.05, 3.63) is 105 Å². The van der Waals surface area contributed by atoms with E-state index in [9.17, 15) is 0 Å². The highest BCUT2D eigenvalue weighted by Crippen LogP contribution is 2.59. The van der Waals surface area contributed by atoms with Crippen molar-refractivity contribution in [1.82, 2.24) is 0 Å².